The highest BCUT2D eigenvalue weighted by molar-refractivity contribution is 9.10. The standard InChI is InChI=1S/C15H19BrN2O2/c1-11(19)17-13-8-12(16)2-3-14(13)18-6-4-15(5-7-18)9-20-10-15/h2-3,8H,4-7,9-10H2,1H3,(H,17,19). The quantitative estimate of drug-likeness (QED) is 0.901. The van der Waals surface area contributed by atoms with E-state index in [-0.39, 0.29) is 5.91 Å². The van der Waals surface area contributed by atoms with Crippen LogP contribution in [0, 0.1) is 5.41 Å². The van der Waals surface area contributed by atoms with Crippen molar-refractivity contribution in [2.24, 2.45) is 5.41 Å². The first kappa shape index (κ1) is 13.9. The fourth-order valence-electron chi connectivity index (χ4n) is 2.98. The van der Waals surface area contributed by atoms with Gasteiger partial charge in [0.15, 0.2) is 0 Å². The summed E-state index contributed by atoms with van der Waals surface area (Å²) in [6, 6.07) is 6.07. The zero-order chi connectivity index (χ0) is 14.2. The van der Waals surface area contributed by atoms with Gasteiger partial charge in [-0.05, 0) is 31.0 Å². The van der Waals surface area contributed by atoms with Gasteiger partial charge in [-0.3, -0.25) is 4.79 Å². The van der Waals surface area contributed by atoms with E-state index in [9.17, 15) is 4.79 Å². The highest BCUT2D eigenvalue weighted by Gasteiger charge is 2.41. The van der Waals surface area contributed by atoms with Crippen molar-refractivity contribution in [2.75, 3.05) is 36.5 Å². The highest BCUT2D eigenvalue weighted by atomic mass is 79.9. The first-order valence-electron chi connectivity index (χ1n) is 6.98. The van der Waals surface area contributed by atoms with Crippen LogP contribution in [-0.4, -0.2) is 32.2 Å². The van der Waals surface area contributed by atoms with Gasteiger partial charge in [0.1, 0.15) is 0 Å². The number of nitrogens with zero attached hydrogens (tertiary/aromatic N) is 1. The molecule has 0 saturated carbocycles. The molecule has 0 bridgehead atoms. The van der Waals surface area contributed by atoms with E-state index in [0.29, 0.717) is 5.41 Å². The molecule has 0 atom stereocenters. The van der Waals surface area contributed by atoms with E-state index in [0.717, 1.165) is 42.2 Å². The van der Waals surface area contributed by atoms with E-state index in [4.69, 9.17) is 4.74 Å². The van der Waals surface area contributed by atoms with Crippen molar-refractivity contribution in [1.29, 1.82) is 0 Å². The van der Waals surface area contributed by atoms with E-state index >= 15 is 0 Å². The molecule has 2 aliphatic rings. The van der Waals surface area contributed by atoms with Crippen LogP contribution in [0.3, 0.4) is 0 Å². The molecule has 0 radical (unpaired) electrons. The SMILES string of the molecule is CC(=O)Nc1cc(Br)ccc1N1CCC2(CC1)COC2. The van der Waals surface area contributed by atoms with Crippen molar-refractivity contribution in [3.63, 3.8) is 0 Å². The van der Waals surface area contributed by atoms with Crippen molar-refractivity contribution in [3.05, 3.63) is 22.7 Å². The third kappa shape index (κ3) is 2.69. The molecule has 0 aromatic heterocycles. The molecule has 5 heteroatoms. The van der Waals surface area contributed by atoms with Gasteiger partial charge in [0, 0.05) is 29.9 Å². The number of halogens is 1. The molecular formula is C15H19BrN2O2. The van der Waals surface area contributed by atoms with Crippen LogP contribution < -0.4 is 10.2 Å². The lowest BCUT2D eigenvalue weighted by molar-refractivity contribution is -0.124. The summed E-state index contributed by atoms with van der Waals surface area (Å²) in [6.45, 7) is 5.43. The number of hydrogen-bond acceptors (Lipinski definition) is 3. The van der Waals surface area contributed by atoms with Crippen molar-refractivity contribution in [2.45, 2.75) is 19.8 Å². The van der Waals surface area contributed by atoms with Crippen molar-refractivity contribution < 1.29 is 9.53 Å². The first-order chi connectivity index (χ1) is 9.58. The monoisotopic (exact) mass is 338 g/mol. The summed E-state index contributed by atoms with van der Waals surface area (Å²) >= 11 is 3.46. The number of benzene rings is 1. The predicted molar refractivity (Wildman–Crippen MR) is 83.1 cm³/mol. The third-order valence-electron chi connectivity index (χ3n) is 4.25. The summed E-state index contributed by atoms with van der Waals surface area (Å²) in [6.07, 6.45) is 2.34. The van der Waals surface area contributed by atoms with Crippen molar-refractivity contribution >= 4 is 33.2 Å². The molecule has 1 amide bonds. The minimum atomic E-state index is -0.0368. The Labute approximate surface area is 127 Å². The summed E-state index contributed by atoms with van der Waals surface area (Å²) in [5.74, 6) is -0.0368. The second kappa shape index (κ2) is 5.37. The summed E-state index contributed by atoms with van der Waals surface area (Å²) in [4.78, 5) is 13.7. The summed E-state index contributed by atoms with van der Waals surface area (Å²) < 4.78 is 6.34. The van der Waals surface area contributed by atoms with Crippen LogP contribution in [0.4, 0.5) is 11.4 Å². The zero-order valence-corrected chi connectivity index (χ0v) is 13.2. The van der Waals surface area contributed by atoms with Crippen LogP contribution in [0.5, 0.6) is 0 Å². The fourth-order valence-corrected chi connectivity index (χ4v) is 3.34. The van der Waals surface area contributed by atoms with Crippen molar-refractivity contribution in [1.82, 2.24) is 0 Å². The van der Waals surface area contributed by atoms with Crippen LogP contribution in [0.1, 0.15) is 19.8 Å². The molecule has 3 rings (SSSR count). The number of nitrogens with one attached hydrogen (secondary N) is 1. The maximum atomic E-state index is 11.4. The Bertz CT molecular complexity index is 519. The number of amides is 1. The number of piperidine rings is 1. The Morgan fingerprint density at radius 3 is 2.60 bits per heavy atom. The van der Waals surface area contributed by atoms with Crippen LogP contribution in [0.15, 0.2) is 22.7 Å². The lowest BCUT2D eigenvalue weighted by Crippen LogP contribution is -2.51. The lowest BCUT2D eigenvalue weighted by atomic mass is 9.77. The molecule has 1 spiro atoms. The van der Waals surface area contributed by atoms with E-state index in [1.54, 1.807) is 6.92 Å². The molecule has 20 heavy (non-hydrogen) atoms. The Morgan fingerprint density at radius 1 is 1.35 bits per heavy atom. The summed E-state index contributed by atoms with van der Waals surface area (Å²) in [5.41, 5.74) is 2.42. The molecule has 2 aliphatic heterocycles. The van der Waals surface area contributed by atoms with E-state index in [1.165, 1.54) is 12.8 Å². The number of ether oxygens (including phenoxy) is 1. The number of anilines is 2. The summed E-state index contributed by atoms with van der Waals surface area (Å²) in [5, 5.41) is 2.92. The van der Waals surface area contributed by atoms with Gasteiger partial charge >= 0.3 is 0 Å². The van der Waals surface area contributed by atoms with Gasteiger partial charge in [-0.15, -0.1) is 0 Å². The highest BCUT2D eigenvalue weighted by Crippen LogP contribution is 2.41. The minimum absolute atomic E-state index is 0.0368. The van der Waals surface area contributed by atoms with Gasteiger partial charge in [0.2, 0.25) is 5.91 Å². The van der Waals surface area contributed by atoms with E-state index in [2.05, 4.69) is 32.2 Å². The molecule has 2 saturated heterocycles. The van der Waals surface area contributed by atoms with E-state index in [1.807, 2.05) is 12.1 Å². The topological polar surface area (TPSA) is 41.6 Å². The molecular weight excluding hydrogens is 320 g/mol. The molecule has 0 aliphatic carbocycles. The first-order valence-corrected chi connectivity index (χ1v) is 7.77. The molecule has 1 aromatic carbocycles. The molecule has 108 valence electrons. The van der Waals surface area contributed by atoms with Gasteiger partial charge in [0.25, 0.3) is 0 Å². The average molecular weight is 339 g/mol. The molecule has 2 fully saturated rings. The molecule has 1 N–H and O–H groups in total. The Balaban J connectivity index is 1.77. The maximum absolute atomic E-state index is 11.4. The smallest absolute Gasteiger partial charge is 0.221 e. The molecule has 2 heterocycles. The molecule has 1 aromatic rings. The van der Waals surface area contributed by atoms with Gasteiger partial charge in [0.05, 0.1) is 24.6 Å². The third-order valence-corrected chi connectivity index (χ3v) is 4.74. The Kier molecular flexibility index (Phi) is 3.73. The van der Waals surface area contributed by atoms with Crippen LogP contribution in [0.2, 0.25) is 0 Å². The Morgan fingerprint density at radius 2 is 2.05 bits per heavy atom. The predicted octanol–water partition coefficient (Wildman–Crippen LogP) is 3.02. The maximum Gasteiger partial charge on any atom is 0.221 e. The zero-order valence-electron chi connectivity index (χ0n) is 11.6. The second-order valence-corrected chi connectivity index (χ2v) is 6.74. The van der Waals surface area contributed by atoms with Crippen molar-refractivity contribution in [3.8, 4) is 0 Å². The Hall–Kier alpha value is -1.07. The van der Waals surface area contributed by atoms with Gasteiger partial charge < -0.3 is 15.0 Å². The van der Waals surface area contributed by atoms with E-state index < -0.39 is 0 Å². The largest absolute Gasteiger partial charge is 0.380 e. The van der Waals surface area contributed by atoms with Crippen LogP contribution in [-0.2, 0) is 9.53 Å². The number of carbonyl (C=O) groups excluding carboxylic acids is 1. The summed E-state index contributed by atoms with van der Waals surface area (Å²) in [7, 11) is 0. The van der Waals surface area contributed by atoms with Gasteiger partial charge in [-0.25, -0.2) is 0 Å². The number of hydrogen-bond donors (Lipinski definition) is 1. The molecule has 0 unspecified atom stereocenters. The lowest BCUT2D eigenvalue weighted by Gasteiger charge is -2.48. The second-order valence-electron chi connectivity index (χ2n) is 5.82. The molecule has 4 nitrogen and oxygen atoms in total. The van der Waals surface area contributed by atoms with Gasteiger partial charge in [-0.1, -0.05) is 15.9 Å². The normalized spacial score (nSPS) is 20.6. The van der Waals surface area contributed by atoms with Gasteiger partial charge in [-0.2, -0.15) is 0 Å². The fraction of sp³-hybridized carbons (Fsp3) is 0.533. The minimum Gasteiger partial charge on any atom is -0.380 e. The average Bonchev–Trinajstić information content (AvgIpc) is 2.37. The van der Waals surface area contributed by atoms with Crippen LogP contribution in [0.25, 0.3) is 0 Å². The number of carbonyl (C=O) groups is 1. The van der Waals surface area contributed by atoms with Crippen LogP contribution >= 0.6 is 15.9 Å². The number of rotatable bonds is 2.